The predicted molar refractivity (Wildman–Crippen MR) is 36.9 cm³/mol. The van der Waals surface area contributed by atoms with E-state index in [1.165, 1.54) is 13.3 Å². The topological polar surface area (TPSA) is 0 Å². The van der Waals surface area contributed by atoms with E-state index in [2.05, 4.69) is 13.8 Å². The summed E-state index contributed by atoms with van der Waals surface area (Å²) in [5.74, 6) is 0. The molecule has 0 nitrogen and oxygen atoms in total. The molecule has 0 aromatic carbocycles. The molecule has 0 aliphatic carbocycles. The molecule has 0 aromatic rings. The number of hydrogen-bond acceptors (Lipinski definition) is 0. The Bertz CT molecular complexity index is 56.4. The summed E-state index contributed by atoms with van der Waals surface area (Å²) in [5, 5.41) is 0. The second-order valence-corrected chi connectivity index (χ2v) is 2.07. The van der Waals surface area contributed by atoms with Crippen LogP contribution in [-0.2, 0) is 0 Å². The van der Waals surface area contributed by atoms with Gasteiger partial charge in [-0.2, -0.15) is 13.2 Å². The SMILES string of the molecule is CCC.CCCC(F)(F)F. The minimum absolute atomic E-state index is 0.184. The molecule has 0 saturated carbocycles. The zero-order valence-corrected chi connectivity index (χ0v) is 6.76. The van der Waals surface area contributed by atoms with Gasteiger partial charge in [-0.05, 0) is 6.42 Å². The third-order valence-corrected chi connectivity index (χ3v) is 0.533. The molecule has 0 N–H and O–H groups in total. The predicted octanol–water partition coefficient (Wildman–Crippen LogP) is 3.77. The van der Waals surface area contributed by atoms with Gasteiger partial charge in [0, 0.05) is 6.42 Å². The third-order valence-electron chi connectivity index (χ3n) is 0.533. The Morgan fingerprint density at radius 3 is 1.30 bits per heavy atom. The molecule has 0 saturated heterocycles. The standard InChI is InChI=1S/C4H7F3.C3H8/c1-2-3-4(5,6)7;1-3-2/h2-3H2,1H3;3H2,1-2H3. The van der Waals surface area contributed by atoms with E-state index in [1.807, 2.05) is 0 Å². The van der Waals surface area contributed by atoms with Gasteiger partial charge in [-0.1, -0.05) is 27.2 Å². The molecule has 3 heteroatoms. The summed E-state index contributed by atoms with van der Waals surface area (Å²) in [6.45, 7) is 5.76. The van der Waals surface area contributed by atoms with Crippen molar-refractivity contribution in [3.8, 4) is 0 Å². The molecule has 0 bridgehead atoms. The molecule has 10 heavy (non-hydrogen) atoms. The summed E-state index contributed by atoms with van der Waals surface area (Å²) in [6, 6.07) is 0. The molecule has 0 rings (SSSR count). The molecule has 64 valence electrons. The van der Waals surface area contributed by atoms with Crippen LogP contribution in [0.5, 0.6) is 0 Å². The average molecular weight is 156 g/mol. The number of halogens is 3. The third kappa shape index (κ3) is 25.0. The van der Waals surface area contributed by atoms with Crippen LogP contribution in [0.2, 0.25) is 0 Å². The first-order valence-corrected chi connectivity index (χ1v) is 3.54. The first kappa shape index (κ1) is 12.5. The monoisotopic (exact) mass is 156 g/mol. The molecule has 0 heterocycles. The van der Waals surface area contributed by atoms with Gasteiger partial charge < -0.3 is 0 Å². The molecule has 0 spiro atoms. The fourth-order valence-electron chi connectivity index (χ4n) is 0.283. The van der Waals surface area contributed by atoms with E-state index >= 15 is 0 Å². The van der Waals surface area contributed by atoms with Crippen molar-refractivity contribution in [2.45, 2.75) is 46.2 Å². The van der Waals surface area contributed by atoms with E-state index in [0.717, 1.165) is 0 Å². The lowest BCUT2D eigenvalue weighted by atomic mass is 10.3. The summed E-state index contributed by atoms with van der Waals surface area (Å²) in [5.41, 5.74) is 0. The van der Waals surface area contributed by atoms with E-state index in [9.17, 15) is 13.2 Å². The Kier molecular flexibility index (Phi) is 8.61. The van der Waals surface area contributed by atoms with Gasteiger partial charge in [0.15, 0.2) is 0 Å². The summed E-state index contributed by atoms with van der Waals surface area (Å²) in [7, 11) is 0. The Hall–Kier alpha value is -0.210. The molecule has 0 aliphatic heterocycles. The highest BCUT2D eigenvalue weighted by Gasteiger charge is 2.24. The fourth-order valence-corrected chi connectivity index (χ4v) is 0.283. The van der Waals surface area contributed by atoms with Gasteiger partial charge in [0.25, 0.3) is 0 Å². The van der Waals surface area contributed by atoms with Gasteiger partial charge in [-0.25, -0.2) is 0 Å². The van der Waals surface area contributed by atoms with Crippen LogP contribution in [0.4, 0.5) is 13.2 Å². The van der Waals surface area contributed by atoms with E-state index in [-0.39, 0.29) is 6.42 Å². The highest BCUT2D eigenvalue weighted by atomic mass is 19.4. The van der Waals surface area contributed by atoms with Crippen LogP contribution in [0.3, 0.4) is 0 Å². The number of hydrogen-bond donors (Lipinski definition) is 0. The van der Waals surface area contributed by atoms with Crippen molar-refractivity contribution >= 4 is 0 Å². The molecule has 0 unspecified atom stereocenters. The van der Waals surface area contributed by atoms with Crippen molar-refractivity contribution in [3.63, 3.8) is 0 Å². The zero-order chi connectivity index (χ0) is 8.62. The Labute approximate surface area is 60.4 Å². The van der Waals surface area contributed by atoms with Gasteiger partial charge in [0.2, 0.25) is 0 Å². The normalized spacial score (nSPS) is 10.2. The van der Waals surface area contributed by atoms with Crippen molar-refractivity contribution in [3.05, 3.63) is 0 Å². The molecule has 0 radical (unpaired) electrons. The lowest BCUT2D eigenvalue weighted by Crippen LogP contribution is -2.04. The molecule has 0 atom stereocenters. The van der Waals surface area contributed by atoms with Gasteiger partial charge in [-0.3, -0.25) is 0 Å². The fraction of sp³-hybridized carbons (Fsp3) is 1.00. The maximum Gasteiger partial charge on any atom is 0.389 e. The first-order chi connectivity index (χ1) is 4.47. The van der Waals surface area contributed by atoms with Crippen molar-refractivity contribution in [2.75, 3.05) is 0 Å². The van der Waals surface area contributed by atoms with E-state index in [1.54, 1.807) is 0 Å². The lowest BCUT2D eigenvalue weighted by Gasteiger charge is -2.00. The molecule has 0 amide bonds. The molecular formula is C7H15F3. The Morgan fingerprint density at radius 2 is 1.30 bits per heavy atom. The van der Waals surface area contributed by atoms with Crippen LogP contribution in [0, 0.1) is 0 Å². The zero-order valence-electron chi connectivity index (χ0n) is 6.76. The number of alkyl halides is 3. The minimum Gasteiger partial charge on any atom is -0.171 e. The largest absolute Gasteiger partial charge is 0.389 e. The Morgan fingerprint density at radius 1 is 1.00 bits per heavy atom. The molecule has 0 fully saturated rings. The van der Waals surface area contributed by atoms with Gasteiger partial charge in [-0.15, -0.1) is 0 Å². The van der Waals surface area contributed by atoms with Gasteiger partial charge >= 0.3 is 6.18 Å². The summed E-state index contributed by atoms with van der Waals surface area (Å²) in [6.07, 6.45) is -3.18. The maximum absolute atomic E-state index is 11.1. The molecule has 0 aliphatic rings. The average Bonchev–Trinajstić information content (AvgIpc) is 1.63. The van der Waals surface area contributed by atoms with Gasteiger partial charge in [0.05, 0.1) is 0 Å². The highest BCUT2D eigenvalue weighted by molar-refractivity contribution is 4.44. The van der Waals surface area contributed by atoms with Crippen LogP contribution in [0.25, 0.3) is 0 Å². The second kappa shape index (κ2) is 6.90. The molecule has 0 aromatic heterocycles. The molecular weight excluding hydrogens is 141 g/mol. The Balaban J connectivity index is 0. The first-order valence-electron chi connectivity index (χ1n) is 3.54. The number of rotatable bonds is 1. The summed E-state index contributed by atoms with van der Waals surface area (Å²) in [4.78, 5) is 0. The van der Waals surface area contributed by atoms with Crippen molar-refractivity contribution in [1.29, 1.82) is 0 Å². The lowest BCUT2D eigenvalue weighted by molar-refractivity contribution is -0.134. The minimum atomic E-state index is -3.95. The highest BCUT2D eigenvalue weighted by Crippen LogP contribution is 2.20. The van der Waals surface area contributed by atoms with Crippen LogP contribution in [-0.4, -0.2) is 6.18 Å². The van der Waals surface area contributed by atoms with Crippen LogP contribution in [0.15, 0.2) is 0 Å². The second-order valence-electron chi connectivity index (χ2n) is 2.07. The van der Waals surface area contributed by atoms with Crippen molar-refractivity contribution < 1.29 is 13.2 Å². The van der Waals surface area contributed by atoms with Crippen LogP contribution < -0.4 is 0 Å². The van der Waals surface area contributed by atoms with E-state index in [0.29, 0.717) is 0 Å². The summed E-state index contributed by atoms with van der Waals surface area (Å²) < 4.78 is 33.2. The van der Waals surface area contributed by atoms with Crippen LogP contribution in [0.1, 0.15) is 40.0 Å². The maximum atomic E-state index is 11.1. The van der Waals surface area contributed by atoms with E-state index in [4.69, 9.17) is 0 Å². The smallest absolute Gasteiger partial charge is 0.171 e. The summed E-state index contributed by atoms with van der Waals surface area (Å²) >= 11 is 0. The van der Waals surface area contributed by atoms with Crippen LogP contribution >= 0.6 is 0 Å². The van der Waals surface area contributed by atoms with E-state index < -0.39 is 12.6 Å². The quantitative estimate of drug-likeness (QED) is 0.542. The van der Waals surface area contributed by atoms with Crippen molar-refractivity contribution in [2.24, 2.45) is 0 Å². The van der Waals surface area contributed by atoms with Crippen molar-refractivity contribution in [1.82, 2.24) is 0 Å². The van der Waals surface area contributed by atoms with Gasteiger partial charge in [0.1, 0.15) is 0 Å².